The fourth-order valence-corrected chi connectivity index (χ4v) is 2.15. The van der Waals surface area contributed by atoms with E-state index in [0.29, 0.717) is 12.2 Å². The van der Waals surface area contributed by atoms with E-state index < -0.39 is 5.41 Å². The van der Waals surface area contributed by atoms with Crippen molar-refractivity contribution >= 4 is 28.5 Å². The van der Waals surface area contributed by atoms with E-state index in [4.69, 9.17) is 0 Å². The Labute approximate surface area is 135 Å². The first-order valence-corrected chi connectivity index (χ1v) is 7.56. The van der Waals surface area contributed by atoms with Gasteiger partial charge in [-0.2, -0.15) is 5.10 Å². The summed E-state index contributed by atoms with van der Waals surface area (Å²) in [5, 5.41) is 10.8. The highest BCUT2D eigenvalue weighted by molar-refractivity contribution is 5.93. The van der Waals surface area contributed by atoms with Crippen LogP contribution in [-0.2, 0) is 16.6 Å². The van der Waals surface area contributed by atoms with E-state index in [1.165, 1.54) is 0 Å². The summed E-state index contributed by atoms with van der Waals surface area (Å²) in [5.74, 6) is -0.235. The predicted molar refractivity (Wildman–Crippen MR) is 89.0 cm³/mol. The number of aryl methyl sites for hydroxylation is 2. The lowest BCUT2D eigenvalue weighted by Crippen LogP contribution is -2.36. The Morgan fingerprint density at radius 2 is 2.00 bits per heavy atom. The van der Waals surface area contributed by atoms with Gasteiger partial charge in [0.05, 0.1) is 17.6 Å². The normalized spacial score (nSPS) is 11.5. The van der Waals surface area contributed by atoms with Crippen molar-refractivity contribution in [3.05, 3.63) is 18.0 Å². The summed E-state index contributed by atoms with van der Waals surface area (Å²) in [6.07, 6.45) is 1.82. The molecular formula is C16H23N5O2. The first kappa shape index (κ1) is 16.9. The zero-order valence-electron chi connectivity index (χ0n) is 14.2. The zero-order valence-corrected chi connectivity index (χ0v) is 14.2. The van der Waals surface area contributed by atoms with Gasteiger partial charge in [0.15, 0.2) is 5.65 Å². The Kier molecular flexibility index (Phi) is 4.68. The van der Waals surface area contributed by atoms with Crippen molar-refractivity contribution in [1.29, 1.82) is 0 Å². The minimum atomic E-state index is -0.455. The molecule has 7 heteroatoms. The first-order chi connectivity index (χ1) is 10.7. The van der Waals surface area contributed by atoms with Crippen LogP contribution in [0.15, 0.2) is 12.3 Å². The molecule has 124 valence electrons. The average Bonchev–Trinajstić information content (AvgIpc) is 2.72. The number of rotatable bonds is 4. The number of anilines is 1. The van der Waals surface area contributed by atoms with Crippen LogP contribution in [0.25, 0.3) is 11.0 Å². The van der Waals surface area contributed by atoms with Crippen molar-refractivity contribution in [3.8, 4) is 0 Å². The highest BCUT2D eigenvalue weighted by Crippen LogP contribution is 2.19. The van der Waals surface area contributed by atoms with Crippen molar-refractivity contribution in [3.63, 3.8) is 0 Å². The second-order valence-electron chi connectivity index (χ2n) is 6.61. The summed E-state index contributed by atoms with van der Waals surface area (Å²) in [6, 6.07) is 1.86. The van der Waals surface area contributed by atoms with Gasteiger partial charge in [0.25, 0.3) is 0 Å². The van der Waals surface area contributed by atoms with E-state index in [0.717, 1.165) is 16.7 Å². The second-order valence-corrected chi connectivity index (χ2v) is 6.61. The molecule has 0 aromatic carbocycles. The molecule has 7 nitrogen and oxygen atoms in total. The molecule has 2 heterocycles. The van der Waals surface area contributed by atoms with E-state index in [1.54, 1.807) is 10.9 Å². The lowest BCUT2D eigenvalue weighted by Gasteiger charge is -2.17. The van der Waals surface area contributed by atoms with Gasteiger partial charge in [0.2, 0.25) is 11.8 Å². The molecule has 2 N–H and O–H groups in total. The summed E-state index contributed by atoms with van der Waals surface area (Å²) in [4.78, 5) is 28.0. The first-order valence-electron chi connectivity index (χ1n) is 7.56. The minimum absolute atomic E-state index is 0.0700. The molecule has 0 spiro atoms. The van der Waals surface area contributed by atoms with Crippen molar-refractivity contribution in [2.24, 2.45) is 12.5 Å². The molecule has 2 amide bonds. The largest absolute Gasteiger partial charge is 0.355 e. The van der Waals surface area contributed by atoms with Gasteiger partial charge in [-0.3, -0.25) is 14.3 Å². The van der Waals surface area contributed by atoms with Gasteiger partial charge in [-0.25, -0.2) is 4.98 Å². The molecule has 0 aliphatic rings. The van der Waals surface area contributed by atoms with E-state index in [1.807, 2.05) is 40.8 Å². The number of carbonyl (C=O) groups is 2. The Balaban J connectivity index is 1.93. The number of fused-ring (bicyclic) bond motifs is 1. The van der Waals surface area contributed by atoms with Gasteiger partial charge < -0.3 is 10.6 Å². The van der Waals surface area contributed by atoms with Gasteiger partial charge in [0, 0.05) is 30.8 Å². The van der Waals surface area contributed by atoms with Gasteiger partial charge in [0.1, 0.15) is 0 Å². The lowest BCUT2D eigenvalue weighted by atomic mass is 9.96. The van der Waals surface area contributed by atoms with Crippen LogP contribution in [0, 0.1) is 12.3 Å². The number of carbonyl (C=O) groups excluding carboxylic acids is 2. The molecule has 0 aliphatic carbocycles. The highest BCUT2D eigenvalue weighted by atomic mass is 16.2. The molecule has 0 fully saturated rings. The number of amides is 2. The fourth-order valence-electron chi connectivity index (χ4n) is 2.15. The Morgan fingerprint density at radius 3 is 2.65 bits per heavy atom. The third kappa shape index (κ3) is 4.06. The maximum absolute atomic E-state index is 12.0. The molecule has 0 bridgehead atoms. The van der Waals surface area contributed by atoms with E-state index >= 15 is 0 Å². The molecule has 0 unspecified atom stereocenters. The Morgan fingerprint density at radius 1 is 1.30 bits per heavy atom. The van der Waals surface area contributed by atoms with Crippen LogP contribution in [0.1, 0.15) is 32.9 Å². The monoisotopic (exact) mass is 317 g/mol. The summed E-state index contributed by atoms with van der Waals surface area (Å²) in [6.45, 7) is 7.71. The molecule has 0 saturated carbocycles. The molecule has 0 aliphatic heterocycles. The van der Waals surface area contributed by atoms with Crippen LogP contribution in [0.5, 0.6) is 0 Å². The molecule has 2 aromatic rings. The van der Waals surface area contributed by atoms with Gasteiger partial charge in [-0.15, -0.1) is 0 Å². The summed E-state index contributed by atoms with van der Waals surface area (Å²) < 4.78 is 1.71. The Bertz CT molecular complexity index is 743. The fraction of sp³-hybridized carbons (Fsp3) is 0.500. The minimum Gasteiger partial charge on any atom is -0.355 e. The second kappa shape index (κ2) is 6.36. The predicted octanol–water partition coefficient (Wildman–Crippen LogP) is 1.77. The van der Waals surface area contributed by atoms with Crippen LogP contribution in [-0.4, -0.2) is 33.1 Å². The maximum Gasteiger partial charge on any atom is 0.226 e. The van der Waals surface area contributed by atoms with Crippen molar-refractivity contribution in [2.45, 2.75) is 34.1 Å². The Hall–Kier alpha value is -2.44. The average molecular weight is 317 g/mol. The topological polar surface area (TPSA) is 88.9 Å². The van der Waals surface area contributed by atoms with E-state index in [-0.39, 0.29) is 18.2 Å². The van der Waals surface area contributed by atoms with Crippen molar-refractivity contribution in [2.75, 3.05) is 11.9 Å². The van der Waals surface area contributed by atoms with Crippen LogP contribution in [0.2, 0.25) is 0 Å². The van der Waals surface area contributed by atoms with E-state index in [2.05, 4.69) is 20.7 Å². The third-order valence-electron chi connectivity index (χ3n) is 3.47. The lowest BCUT2D eigenvalue weighted by molar-refractivity contribution is -0.128. The molecule has 23 heavy (non-hydrogen) atoms. The molecule has 2 rings (SSSR count). The number of pyridine rings is 1. The molecule has 0 radical (unpaired) electrons. The molecule has 2 aromatic heterocycles. The standard InChI is InChI=1S/C16H23N5O2/c1-10-12-8-11(9-18-14(12)21(5)20-10)19-13(22)6-7-17-15(23)16(2,3)4/h8-9H,6-7H2,1-5H3,(H,17,23)(H,19,22). The van der Waals surface area contributed by atoms with Crippen LogP contribution < -0.4 is 10.6 Å². The summed E-state index contributed by atoms with van der Waals surface area (Å²) in [7, 11) is 1.83. The molecule has 0 atom stereocenters. The number of nitrogens with one attached hydrogen (secondary N) is 2. The highest BCUT2D eigenvalue weighted by Gasteiger charge is 2.20. The third-order valence-corrected chi connectivity index (χ3v) is 3.47. The van der Waals surface area contributed by atoms with Crippen molar-refractivity contribution in [1.82, 2.24) is 20.1 Å². The van der Waals surface area contributed by atoms with Gasteiger partial charge in [-0.1, -0.05) is 20.8 Å². The summed E-state index contributed by atoms with van der Waals surface area (Å²) >= 11 is 0. The number of hydrogen-bond acceptors (Lipinski definition) is 4. The van der Waals surface area contributed by atoms with E-state index in [9.17, 15) is 9.59 Å². The number of hydrogen-bond donors (Lipinski definition) is 2. The van der Waals surface area contributed by atoms with Crippen LogP contribution >= 0.6 is 0 Å². The quantitative estimate of drug-likeness (QED) is 0.899. The number of nitrogens with zero attached hydrogens (tertiary/aromatic N) is 3. The smallest absolute Gasteiger partial charge is 0.226 e. The number of aromatic nitrogens is 3. The van der Waals surface area contributed by atoms with Crippen LogP contribution in [0.3, 0.4) is 0 Å². The maximum atomic E-state index is 12.0. The SMILES string of the molecule is Cc1nn(C)c2ncc(NC(=O)CCNC(=O)C(C)(C)C)cc12. The van der Waals surface area contributed by atoms with Crippen molar-refractivity contribution < 1.29 is 9.59 Å². The molecular weight excluding hydrogens is 294 g/mol. The molecule has 0 saturated heterocycles. The summed E-state index contributed by atoms with van der Waals surface area (Å²) in [5.41, 5.74) is 1.81. The van der Waals surface area contributed by atoms with Gasteiger partial charge in [-0.05, 0) is 13.0 Å². The van der Waals surface area contributed by atoms with Crippen LogP contribution in [0.4, 0.5) is 5.69 Å². The van der Waals surface area contributed by atoms with Gasteiger partial charge >= 0.3 is 0 Å². The zero-order chi connectivity index (χ0) is 17.2.